The normalized spacial score (nSPS) is 26.6. The fourth-order valence-electron chi connectivity index (χ4n) is 3.07. The van der Waals surface area contributed by atoms with E-state index in [1.54, 1.807) is 0 Å². The first-order chi connectivity index (χ1) is 9.25. The predicted octanol–water partition coefficient (Wildman–Crippen LogP) is 2.85. The van der Waals surface area contributed by atoms with Crippen molar-refractivity contribution in [3.8, 4) is 0 Å². The summed E-state index contributed by atoms with van der Waals surface area (Å²) >= 11 is 0. The Labute approximate surface area is 114 Å². The van der Waals surface area contributed by atoms with E-state index >= 15 is 0 Å². The van der Waals surface area contributed by atoms with Gasteiger partial charge in [-0.3, -0.25) is 4.99 Å². The number of hydrogen-bond donors (Lipinski definition) is 1. The Hall–Kier alpha value is -1.77. The van der Waals surface area contributed by atoms with Gasteiger partial charge in [0.25, 0.3) is 0 Å². The van der Waals surface area contributed by atoms with Crippen LogP contribution in [-0.2, 0) is 0 Å². The van der Waals surface area contributed by atoms with Crippen molar-refractivity contribution in [2.75, 3.05) is 11.4 Å². The van der Waals surface area contributed by atoms with Gasteiger partial charge in [0, 0.05) is 5.69 Å². The smallest absolute Gasteiger partial charge is 0.196 e. The Balaban J connectivity index is 1.85. The first kappa shape index (κ1) is 12.3. The number of nitrogens with zero attached hydrogens (tertiary/aromatic N) is 2. The maximum absolute atomic E-state index is 6.10. The number of anilines is 1. The van der Waals surface area contributed by atoms with Gasteiger partial charge in [-0.15, -0.1) is 0 Å². The number of allylic oxidation sites excluding steroid dienone is 2. The lowest BCUT2D eigenvalue weighted by atomic mass is 9.87. The third-order valence-electron chi connectivity index (χ3n) is 4.18. The maximum atomic E-state index is 6.10. The number of hydrogen-bond acceptors (Lipinski definition) is 3. The van der Waals surface area contributed by atoms with Gasteiger partial charge in [0.2, 0.25) is 0 Å². The number of guanidine groups is 1. The summed E-state index contributed by atoms with van der Waals surface area (Å²) in [6.45, 7) is 2.94. The highest BCUT2D eigenvalue weighted by atomic mass is 15.3. The summed E-state index contributed by atoms with van der Waals surface area (Å²) in [4.78, 5) is 6.69. The van der Waals surface area contributed by atoms with Gasteiger partial charge in [0.05, 0.1) is 12.6 Å². The second-order valence-corrected chi connectivity index (χ2v) is 5.52. The molecular weight excluding hydrogens is 234 g/mol. The van der Waals surface area contributed by atoms with Crippen LogP contribution in [-0.4, -0.2) is 18.5 Å². The average Bonchev–Trinajstić information content (AvgIpc) is 2.83. The Kier molecular flexibility index (Phi) is 3.28. The standard InChI is InChI=1S/C16H21N3/c1-12-7-9-14(10-8-12)19-15(11-18-16(19)17)13-5-3-2-4-6-13/h2-3,7-10,13,15H,4-6,11H2,1H3,(H2,17,18). The molecule has 2 N–H and O–H groups in total. The largest absolute Gasteiger partial charge is 0.370 e. The van der Waals surface area contributed by atoms with Crippen LogP contribution in [0.5, 0.6) is 0 Å². The van der Waals surface area contributed by atoms with Crippen molar-refractivity contribution in [2.45, 2.75) is 32.2 Å². The van der Waals surface area contributed by atoms with Crippen molar-refractivity contribution in [1.29, 1.82) is 0 Å². The third kappa shape index (κ3) is 2.37. The molecule has 2 unspecified atom stereocenters. The van der Waals surface area contributed by atoms with Gasteiger partial charge in [-0.05, 0) is 44.2 Å². The summed E-state index contributed by atoms with van der Waals surface area (Å²) in [6, 6.07) is 8.99. The van der Waals surface area contributed by atoms with Gasteiger partial charge in [-0.2, -0.15) is 0 Å². The van der Waals surface area contributed by atoms with Gasteiger partial charge in [0.15, 0.2) is 5.96 Å². The highest BCUT2D eigenvalue weighted by Crippen LogP contribution is 2.31. The number of aryl methyl sites for hydroxylation is 1. The van der Waals surface area contributed by atoms with E-state index < -0.39 is 0 Å². The molecule has 2 atom stereocenters. The first-order valence-corrected chi connectivity index (χ1v) is 7.06. The second-order valence-electron chi connectivity index (χ2n) is 5.52. The topological polar surface area (TPSA) is 41.6 Å². The molecule has 0 aromatic heterocycles. The molecule has 0 saturated heterocycles. The molecule has 0 spiro atoms. The molecule has 1 aliphatic carbocycles. The van der Waals surface area contributed by atoms with Gasteiger partial charge >= 0.3 is 0 Å². The molecule has 3 nitrogen and oxygen atoms in total. The second kappa shape index (κ2) is 5.08. The predicted molar refractivity (Wildman–Crippen MR) is 80.4 cm³/mol. The molecule has 1 aliphatic heterocycles. The number of benzene rings is 1. The quantitative estimate of drug-likeness (QED) is 0.826. The number of rotatable bonds is 2. The van der Waals surface area contributed by atoms with Crippen LogP contribution in [0.3, 0.4) is 0 Å². The molecule has 1 aromatic carbocycles. The van der Waals surface area contributed by atoms with Crippen LogP contribution in [0.2, 0.25) is 0 Å². The Bertz CT molecular complexity index is 501. The molecule has 0 saturated carbocycles. The average molecular weight is 255 g/mol. The molecule has 3 rings (SSSR count). The lowest BCUT2D eigenvalue weighted by Crippen LogP contribution is -2.45. The van der Waals surface area contributed by atoms with E-state index in [9.17, 15) is 0 Å². The summed E-state index contributed by atoms with van der Waals surface area (Å²) in [5.74, 6) is 1.33. The molecular formula is C16H21N3. The molecule has 0 radical (unpaired) electrons. The van der Waals surface area contributed by atoms with E-state index in [0.29, 0.717) is 17.9 Å². The number of nitrogens with two attached hydrogens (primary N) is 1. The van der Waals surface area contributed by atoms with E-state index in [1.165, 1.54) is 24.1 Å². The van der Waals surface area contributed by atoms with Crippen LogP contribution in [0.1, 0.15) is 24.8 Å². The highest BCUT2D eigenvalue weighted by molar-refractivity contribution is 5.97. The minimum Gasteiger partial charge on any atom is -0.370 e. The van der Waals surface area contributed by atoms with Gasteiger partial charge in [-0.25, -0.2) is 0 Å². The van der Waals surface area contributed by atoms with Crippen molar-refractivity contribution >= 4 is 11.6 Å². The molecule has 0 bridgehead atoms. The van der Waals surface area contributed by atoms with Crippen molar-refractivity contribution in [1.82, 2.24) is 0 Å². The zero-order valence-electron chi connectivity index (χ0n) is 11.4. The Morgan fingerprint density at radius 3 is 2.68 bits per heavy atom. The summed E-state index contributed by atoms with van der Waals surface area (Å²) < 4.78 is 0. The fraction of sp³-hybridized carbons (Fsp3) is 0.438. The number of aliphatic imine (C=N–C) groups is 1. The summed E-state index contributed by atoms with van der Waals surface area (Å²) in [5, 5.41) is 0. The first-order valence-electron chi connectivity index (χ1n) is 7.06. The summed E-state index contributed by atoms with van der Waals surface area (Å²) in [7, 11) is 0. The minimum absolute atomic E-state index is 0.424. The zero-order chi connectivity index (χ0) is 13.2. The van der Waals surface area contributed by atoms with E-state index in [0.717, 1.165) is 13.0 Å². The lowest BCUT2D eigenvalue weighted by molar-refractivity contribution is 0.404. The Morgan fingerprint density at radius 2 is 2.00 bits per heavy atom. The highest BCUT2D eigenvalue weighted by Gasteiger charge is 2.33. The lowest BCUT2D eigenvalue weighted by Gasteiger charge is -2.33. The van der Waals surface area contributed by atoms with E-state index in [1.807, 2.05) is 0 Å². The molecule has 19 heavy (non-hydrogen) atoms. The SMILES string of the molecule is Cc1ccc(N2C(N)=NCC2C2CC=CCC2)cc1. The van der Waals surface area contributed by atoms with E-state index in [-0.39, 0.29) is 0 Å². The van der Waals surface area contributed by atoms with Crippen LogP contribution in [0.25, 0.3) is 0 Å². The molecule has 2 aliphatic rings. The van der Waals surface area contributed by atoms with Crippen molar-refractivity contribution in [2.24, 2.45) is 16.6 Å². The van der Waals surface area contributed by atoms with Crippen molar-refractivity contribution in [3.63, 3.8) is 0 Å². The van der Waals surface area contributed by atoms with Crippen LogP contribution in [0.4, 0.5) is 5.69 Å². The minimum atomic E-state index is 0.424. The van der Waals surface area contributed by atoms with Crippen molar-refractivity contribution in [3.05, 3.63) is 42.0 Å². The summed E-state index contributed by atoms with van der Waals surface area (Å²) in [6.07, 6.45) is 8.16. The maximum Gasteiger partial charge on any atom is 0.196 e. The van der Waals surface area contributed by atoms with Gasteiger partial charge < -0.3 is 10.6 Å². The van der Waals surface area contributed by atoms with Crippen molar-refractivity contribution < 1.29 is 0 Å². The van der Waals surface area contributed by atoms with Gasteiger partial charge in [-0.1, -0.05) is 29.8 Å². The Morgan fingerprint density at radius 1 is 1.21 bits per heavy atom. The van der Waals surface area contributed by atoms with Crippen LogP contribution < -0.4 is 10.6 Å². The molecule has 1 heterocycles. The monoisotopic (exact) mass is 255 g/mol. The molecule has 1 aromatic rings. The van der Waals surface area contributed by atoms with Crippen LogP contribution in [0.15, 0.2) is 41.4 Å². The molecule has 3 heteroatoms. The third-order valence-corrected chi connectivity index (χ3v) is 4.18. The molecule has 0 fully saturated rings. The summed E-state index contributed by atoms with van der Waals surface area (Å²) in [5.41, 5.74) is 8.55. The van der Waals surface area contributed by atoms with Crippen LogP contribution >= 0.6 is 0 Å². The van der Waals surface area contributed by atoms with E-state index in [4.69, 9.17) is 5.73 Å². The van der Waals surface area contributed by atoms with Crippen LogP contribution in [0, 0.1) is 12.8 Å². The van der Waals surface area contributed by atoms with E-state index in [2.05, 4.69) is 53.2 Å². The molecule has 0 amide bonds. The zero-order valence-corrected chi connectivity index (χ0v) is 11.4. The van der Waals surface area contributed by atoms with Gasteiger partial charge in [0.1, 0.15) is 0 Å². The molecule has 100 valence electrons. The fourth-order valence-corrected chi connectivity index (χ4v) is 3.07.